The van der Waals surface area contributed by atoms with E-state index >= 15 is 0 Å². The number of hydrogen-bond acceptors (Lipinski definition) is 4. The van der Waals surface area contributed by atoms with Gasteiger partial charge in [0, 0.05) is 25.7 Å². The second-order valence-corrected chi connectivity index (χ2v) is 5.57. The number of nitrogens with zero attached hydrogens (tertiary/aromatic N) is 2. The van der Waals surface area contributed by atoms with Crippen LogP contribution in [0.5, 0.6) is 0 Å². The lowest BCUT2D eigenvalue weighted by Crippen LogP contribution is -2.57. The molecule has 6 heteroatoms. The van der Waals surface area contributed by atoms with Crippen LogP contribution in [-0.2, 0) is 9.53 Å². The van der Waals surface area contributed by atoms with Crippen LogP contribution in [0.25, 0.3) is 0 Å². The van der Waals surface area contributed by atoms with Crippen LogP contribution in [0.15, 0.2) is 0 Å². The first-order chi connectivity index (χ1) is 8.24. The first-order valence-electron chi connectivity index (χ1n) is 6.22. The Morgan fingerprint density at radius 2 is 1.94 bits per heavy atom. The molecular formula is C12H23N3O3. The molecule has 1 saturated heterocycles. The molecule has 2 amide bonds. The van der Waals surface area contributed by atoms with Crippen molar-refractivity contribution in [3.63, 3.8) is 0 Å². The van der Waals surface area contributed by atoms with E-state index in [1.165, 1.54) is 0 Å². The minimum atomic E-state index is -0.499. The molecule has 0 unspecified atom stereocenters. The van der Waals surface area contributed by atoms with Crippen molar-refractivity contribution in [2.75, 3.05) is 26.2 Å². The van der Waals surface area contributed by atoms with E-state index in [0.717, 1.165) is 0 Å². The zero-order valence-corrected chi connectivity index (χ0v) is 11.6. The molecule has 0 spiro atoms. The van der Waals surface area contributed by atoms with Gasteiger partial charge in [0.15, 0.2) is 0 Å². The predicted molar refractivity (Wildman–Crippen MR) is 68.0 cm³/mol. The van der Waals surface area contributed by atoms with Gasteiger partial charge in [0.1, 0.15) is 5.60 Å². The lowest BCUT2D eigenvalue weighted by atomic mass is 10.2. The Morgan fingerprint density at radius 1 is 1.33 bits per heavy atom. The van der Waals surface area contributed by atoms with Crippen molar-refractivity contribution in [3.05, 3.63) is 0 Å². The van der Waals surface area contributed by atoms with Gasteiger partial charge in [-0.25, -0.2) is 4.79 Å². The van der Waals surface area contributed by atoms with Crippen molar-refractivity contribution in [3.8, 4) is 0 Å². The zero-order chi connectivity index (χ0) is 13.9. The van der Waals surface area contributed by atoms with Crippen molar-refractivity contribution in [1.82, 2.24) is 9.80 Å². The number of ether oxygens (including phenoxy) is 1. The molecule has 1 heterocycles. The summed E-state index contributed by atoms with van der Waals surface area (Å²) in [7, 11) is 0. The van der Waals surface area contributed by atoms with Gasteiger partial charge in [0.05, 0.1) is 6.54 Å². The standard InChI is InChI=1S/C12H23N3O3/c1-9-8-14(10(16)7-13)5-6-15(9)11(17)18-12(2,3)4/h9H,5-8,13H2,1-4H3/t9-/m1/s1. The molecule has 0 bridgehead atoms. The lowest BCUT2D eigenvalue weighted by Gasteiger charge is -2.40. The van der Waals surface area contributed by atoms with Gasteiger partial charge in [-0.3, -0.25) is 4.79 Å². The Labute approximate surface area is 108 Å². The Morgan fingerprint density at radius 3 is 2.39 bits per heavy atom. The van der Waals surface area contributed by atoms with Gasteiger partial charge in [-0.1, -0.05) is 0 Å². The Balaban J connectivity index is 2.57. The third-order valence-electron chi connectivity index (χ3n) is 2.78. The maximum Gasteiger partial charge on any atom is 0.410 e. The summed E-state index contributed by atoms with van der Waals surface area (Å²) < 4.78 is 5.33. The molecule has 1 atom stereocenters. The van der Waals surface area contributed by atoms with Crippen LogP contribution >= 0.6 is 0 Å². The quantitative estimate of drug-likeness (QED) is 0.738. The number of amides is 2. The summed E-state index contributed by atoms with van der Waals surface area (Å²) in [4.78, 5) is 26.8. The van der Waals surface area contributed by atoms with Crippen LogP contribution in [0.1, 0.15) is 27.7 Å². The van der Waals surface area contributed by atoms with E-state index in [-0.39, 0.29) is 24.6 Å². The predicted octanol–water partition coefficient (Wildman–Crippen LogP) is 0.413. The Bertz CT molecular complexity index is 325. The van der Waals surface area contributed by atoms with E-state index in [2.05, 4.69) is 0 Å². The second-order valence-electron chi connectivity index (χ2n) is 5.57. The summed E-state index contributed by atoms with van der Waals surface area (Å²) in [6, 6.07) is -0.0518. The third-order valence-corrected chi connectivity index (χ3v) is 2.78. The first kappa shape index (κ1) is 14.8. The molecule has 0 aromatic rings. The molecule has 18 heavy (non-hydrogen) atoms. The monoisotopic (exact) mass is 257 g/mol. The maximum absolute atomic E-state index is 11.9. The smallest absolute Gasteiger partial charge is 0.410 e. The summed E-state index contributed by atoms with van der Waals surface area (Å²) in [6.07, 6.45) is -0.324. The molecule has 1 fully saturated rings. The molecule has 6 nitrogen and oxygen atoms in total. The number of hydrogen-bond donors (Lipinski definition) is 1. The number of carbonyl (C=O) groups excluding carboxylic acids is 2. The van der Waals surface area contributed by atoms with Crippen LogP contribution in [0, 0.1) is 0 Å². The van der Waals surface area contributed by atoms with Gasteiger partial charge in [0.25, 0.3) is 0 Å². The molecule has 0 aromatic heterocycles. The highest BCUT2D eigenvalue weighted by atomic mass is 16.6. The molecule has 0 saturated carbocycles. The topological polar surface area (TPSA) is 75.9 Å². The van der Waals surface area contributed by atoms with E-state index in [9.17, 15) is 9.59 Å². The van der Waals surface area contributed by atoms with Crippen LogP contribution in [0.3, 0.4) is 0 Å². The van der Waals surface area contributed by atoms with Gasteiger partial charge in [-0.2, -0.15) is 0 Å². The highest BCUT2D eigenvalue weighted by Gasteiger charge is 2.31. The van der Waals surface area contributed by atoms with Crippen molar-refractivity contribution in [1.29, 1.82) is 0 Å². The Kier molecular flexibility index (Phi) is 4.56. The SMILES string of the molecule is C[C@@H]1CN(C(=O)CN)CCN1C(=O)OC(C)(C)C. The number of nitrogens with two attached hydrogens (primary N) is 1. The molecule has 2 N–H and O–H groups in total. The van der Waals surface area contributed by atoms with Gasteiger partial charge >= 0.3 is 6.09 Å². The lowest BCUT2D eigenvalue weighted by molar-refractivity contribution is -0.132. The number of rotatable bonds is 1. The zero-order valence-electron chi connectivity index (χ0n) is 11.6. The van der Waals surface area contributed by atoms with Crippen LogP contribution < -0.4 is 5.73 Å². The van der Waals surface area contributed by atoms with Gasteiger partial charge in [-0.05, 0) is 27.7 Å². The molecule has 0 aliphatic carbocycles. The number of carbonyl (C=O) groups is 2. The highest BCUT2D eigenvalue weighted by molar-refractivity contribution is 5.78. The summed E-state index contributed by atoms with van der Waals surface area (Å²) >= 11 is 0. The third kappa shape index (κ3) is 3.87. The van der Waals surface area contributed by atoms with Crippen molar-refractivity contribution in [2.45, 2.75) is 39.3 Å². The van der Waals surface area contributed by atoms with E-state index in [4.69, 9.17) is 10.5 Å². The average molecular weight is 257 g/mol. The minimum Gasteiger partial charge on any atom is -0.444 e. The highest BCUT2D eigenvalue weighted by Crippen LogP contribution is 2.15. The summed E-state index contributed by atoms with van der Waals surface area (Å²) in [5.74, 6) is -0.0781. The first-order valence-corrected chi connectivity index (χ1v) is 6.22. The summed E-state index contributed by atoms with van der Waals surface area (Å²) in [5.41, 5.74) is 4.83. The maximum atomic E-state index is 11.9. The molecule has 1 rings (SSSR count). The van der Waals surface area contributed by atoms with E-state index in [1.807, 2.05) is 27.7 Å². The second kappa shape index (κ2) is 5.56. The van der Waals surface area contributed by atoms with Crippen LogP contribution in [0.2, 0.25) is 0 Å². The molecular weight excluding hydrogens is 234 g/mol. The van der Waals surface area contributed by atoms with Crippen LogP contribution in [0.4, 0.5) is 4.79 Å². The van der Waals surface area contributed by atoms with Crippen molar-refractivity contribution >= 4 is 12.0 Å². The van der Waals surface area contributed by atoms with Crippen molar-refractivity contribution in [2.24, 2.45) is 5.73 Å². The normalized spacial score (nSPS) is 20.8. The molecule has 1 aliphatic rings. The fourth-order valence-electron chi connectivity index (χ4n) is 1.91. The van der Waals surface area contributed by atoms with Crippen LogP contribution in [-0.4, -0.2) is 59.6 Å². The molecule has 104 valence electrons. The average Bonchev–Trinajstić information content (AvgIpc) is 2.25. The van der Waals surface area contributed by atoms with Crippen molar-refractivity contribution < 1.29 is 14.3 Å². The Hall–Kier alpha value is -1.30. The van der Waals surface area contributed by atoms with E-state index in [1.54, 1.807) is 9.80 Å². The van der Waals surface area contributed by atoms with Gasteiger partial charge < -0.3 is 20.3 Å². The minimum absolute atomic E-state index is 0.0131. The summed E-state index contributed by atoms with van der Waals surface area (Å²) in [6.45, 7) is 8.94. The van der Waals surface area contributed by atoms with E-state index < -0.39 is 5.60 Å². The van der Waals surface area contributed by atoms with Gasteiger partial charge in [0.2, 0.25) is 5.91 Å². The largest absolute Gasteiger partial charge is 0.444 e. The molecule has 0 aromatic carbocycles. The fourth-order valence-corrected chi connectivity index (χ4v) is 1.91. The number of piperazine rings is 1. The molecule has 1 aliphatic heterocycles. The van der Waals surface area contributed by atoms with E-state index in [0.29, 0.717) is 19.6 Å². The van der Waals surface area contributed by atoms with Gasteiger partial charge in [-0.15, -0.1) is 0 Å². The molecule has 0 radical (unpaired) electrons. The summed E-state index contributed by atoms with van der Waals surface area (Å²) in [5, 5.41) is 0. The fraction of sp³-hybridized carbons (Fsp3) is 0.833.